The summed E-state index contributed by atoms with van der Waals surface area (Å²) in [5.74, 6) is 0.205. The summed E-state index contributed by atoms with van der Waals surface area (Å²) in [6.45, 7) is 3.91. The second-order valence-electron chi connectivity index (χ2n) is 6.86. The summed E-state index contributed by atoms with van der Waals surface area (Å²) >= 11 is 0. The van der Waals surface area contributed by atoms with Gasteiger partial charge in [0.15, 0.2) is 11.5 Å². The quantitative estimate of drug-likeness (QED) is 0.587. The van der Waals surface area contributed by atoms with Gasteiger partial charge >= 0.3 is 7.48 Å². The van der Waals surface area contributed by atoms with Crippen LogP contribution in [-0.4, -0.2) is 70.8 Å². The number of aliphatic hydroxyl groups excluding tert-OH is 1. The molecule has 4 rings (SSSR count). The van der Waals surface area contributed by atoms with E-state index < -0.39 is 0 Å². The fourth-order valence-corrected chi connectivity index (χ4v) is 3.53. The molecule has 3 N–H and O–H groups in total. The van der Waals surface area contributed by atoms with Crippen molar-refractivity contribution in [3.05, 3.63) is 35.3 Å². The number of aromatic hydroxyl groups is 1. The molecule has 0 saturated carbocycles. The number of phenols is 1. The van der Waals surface area contributed by atoms with Crippen LogP contribution in [0.25, 0.3) is 0 Å². The molecule has 1 atom stereocenters. The van der Waals surface area contributed by atoms with Crippen LogP contribution >= 0.6 is 0 Å². The van der Waals surface area contributed by atoms with Gasteiger partial charge in [-0.25, -0.2) is 9.97 Å². The summed E-state index contributed by atoms with van der Waals surface area (Å²) in [6, 6.07) is 1.35. The molecule has 1 aromatic heterocycles. The Morgan fingerprint density at radius 3 is 3.07 bits per heavy atom. The normalized spacial score (nSPS) is 18.5. The number of phenolic OH excluding ortho intramolecular Hbond substituents is 1. The first-order valence-corrected chi connectivity index (χ1v) is 9.13. The van der Waals surface area contributed by atoms with E-state index in [1.807, 2.05) is 6.92 Å². The Balaban J connectivity index is 1.52. The number of hydrogen-bond donors (Lipinski definition) is 3. The molecule has 9 nitrogen and oxygen atoms in total. The predicted octanol–water partition coefficient (Wildman–Crippen LogP) is -0.804. The molecule has 1 fully saturated rings. The van der Waals surface area contributed by atoms with E-state index in [1.165, 1.54) is 12.4 Å². The molecule has 1 aromatic carbocycles. The number of amides is 1. The van der Waals surface area contributed by atoms with Crippen LogP contribution < -0.4 is 15.5 Å². The molecule has 0 radical (unpaired) electrons. The van der Waals surface area contributed by atoms with Gasteiger partial charge in [0.25, 0.3) is 5.91 Å². The zero-order valence-electron chi connectivity index (χ0n) is 15.5. The third-order valence-corrected chi connectivity index (χ3v) is 5.10. The SMILES string of the molecule is Cc1c2c(cc(O)c1Oc1cnc(C(=O)N3CCNC[C@@H]3CO)cn1)COB2. The summed E-state index contributed by atoms with van der Waals surface area (Å²) in [4.78, 5) is 22.6. The average Bonchev–Trinajstić information content (AvgIpc) is 3.19. The summed E-state index contributed by atoms with van der Waals surface area (Å²) < 4.78 is 11.1. The molecule has 0 aliphatic carbocycles. The lowest BCUT2D eigenvalue weighted by Crippen LogP contribution is -2.55. The van der Waals surface area contributed by atoms with Gasteiger partial charge in [-0.1, -0.05) is 0 Å². The van der Waals surface area contributed by atoms with E-state index in [1.54, 1.807) is 11.0 Å². The van der Waals surface area contributed by atoms with Crippen molar-refractivity contribution < 1.29 is 24.4 Å². The lowest BCUT2D eigenvalue weighted by atomic mass is 9.83. The number of benzene rings is 1. The van der Waals surface area contributed by atoms with Gasteiger partial charge in [-0.15, -0.1) is 0 Å². The van der Waals surface area contributed by atoms with Crippen LogP contribution in [0.2, 0.25) is 0 Å². The number of aromatic nitrogens is 2. The Morgan fingerprint density at radius 1 is 1.46 bits per heavy atom. The fraction of sp³-hybridized carbons (Fsp3) is 0.389. The van der Waals surface area contributed by atoms with Gasteiger partial charge in [0.2, 0.25) is 5.88 Å². The Hall–Kier alpha value is -2.69. The number of nitrogens with zero attached hydrogens (tertiary/aromatic N) is 3. The molecule has 1 amide bonds. The molecule has 0 bridgehead atoms. The van der Waals surface area contributed by atoms with E-state index in [-0.39, 0.29) is 35.9 Å². The molecular formula is C18H21BN4O5. The van der Waals surface area contributed by atoms with Crippen molar-refractivity contribution in [1.82, 2.24) is 20.2 Å². The third kappa shape index (κ3) is 3.41. The first kappa shape index (κ1) is 18.7. The van der Waals surface area contributed by atoms with Gasteiger partial charge in [0.05, 0.1) is 31.6 Å². The molecule has 2 aromatic rings. The van der Waals surface area contributed by atoms with Gasteiger partial charge in [-0.2, -0.15) is 0 Å². The highest BCUT2D eigenvalue weighted by atomic mass is 16.5. The topological polar surface area (TPSA) is 117 Å². The highest BCUT2D eigenvalue weighted by Gasteiger charge is 2.28. The zero-order chi connectivity index (χ0) is 19.7. The molecular weight excluding hydrogens is 363 g/mol. The van der Waals surface area contributed by atoms with Gasteiger partial charge in [-0.3, -0.25) is 4.79 Å². The molecule has 0 unspecified atom stereocenters. The van der Waals surface area contributed by atoms with Crippen LogP contribution in [-0.2, 0) is 11.3 Å². The lowest BCUT2D eigenvalue weighted by molar-refractivity contribution is 0.0530. The second-order valence-corrected chi connectivity index (χ2v) is 6.86. The monoisotopic (exact) mass is 384 g/mol. The summed E-state index contributed by atoms with van der Waals surface area (Å²) in [6.07, 6.45) is 2.70. The zero-order valence-corrected chi connectivity index (χ0v) is 15.5. The van der Waals surface area contributed by atoms with Crippen LogP contribution in [0, 0.1) is 6.92 Å². The minimum atomic E-state index is -0.285. The van der Waals surface area contributed by atoms with Gasteiger partial charge in [-0.05, 0) is 29.6 Å². The Bertz CT molecular complexity index is 893. The van der Waals surface area contributed by atoms with Crippen molar-refractivity contribution in [1.29, 1.82) is 0 Å². The molecule has 10 heteroatoms. The number of rotatable bonds is 4. The van der Waals surface area contributed by atoms with Gasteiger partial charge in [0, 0.05) is 19.6 Å². The molecule has 1 saturated heterocycles. The van der Waals surface area contributed by atoms with E-state index in [2.05, 4.69) is 15.3 Å². The number of nitrogens with one attached hydrogen (secondary N) is 1. The number of fused-ring (bicyclic) bond motifs is 1. The van der Waals surface area contributed by atoms with Gasteiger partial charge in [0.1, 0.15) is 5.69 Å². The number of hydrogen-bond acceptors (Lipinski definition) is 8. The number of aliphatic hydroxyl groups is 1. The fourth-order valence-electron chi connectivity index (χ4n) is 3.53. The van der Waals surface area contributed by atoms with Crippen molar-refractivity contribution in [3.63, 3.8) is 0 Å². The molecule has 2 aliphatic rings. The summed E-state index contributed by atoms with van der Waals surface area (Å²) in [5.41, 5.74) is 2.92. The van der Waals surface area contributed by atoms with Crippen molar-refractivity contribution in [2.24, 2.45) is 0 Å². The molecule has 3 heterocycles. The maximum atomic E-state index is 12.7. The van der Waals surface area contributed by atoms with Gasteiger partial charge < -0.3 is 29.8 Å². The number of carbonyl (C=O) groups is 1. The van der Waals surface area contributed by atoms with Crippen molar-refractivity contribution in [2.45, 2.75) is 19.6 Å². The third-order valence-electron chi connectivity index (χ3n) is 5.10. The maximum absolute atomic E-state index is 12.7. The number of carbonyl (C=O) groups excluding carboxylic acids is 1. The van der Waals surface area contributed by atoms with Crippen molar-refractivity contribution >= 4 is 18.9 Å². The van der Waals surface area contributed by atoms with Crippen LogP contribution in [0.1, 0.15) is 21.6 Å². The van der Waals surface area contributed by atoms with Crippen molar-refractivity contribution in [2.75, 3.05) is 26.2 Å². The minimum Gasteiger partial charge on any atom is -0.504 e. The second kappa shape index (κ2) is 7.74. The lowest BCUT2D eigenvalue weighted by Gasteiger charge is -2.34. The highest BCUT2D eigenvalue weighted by molar-refractivity contribution is 6.49. The van der Waals surface area contributed by atoms with Crippen molar-refractivity contribution in [3.8, 4) is 17.4 Å². The average molecular weight is 384 g/mol. The summed E-state index contributed by atoms with van der Waals surface area (Å²) in [7, 11) is 0.480. The Kier molecular flexibility index (Phi) is 5.16. The molecule has 146 valence electrons. The molecule has 28 heavy (non-hydrogen) atoms. The largest absolute Gasteiger partial charge is 0.504 e. The first-order valence-electron chi connectivity index (χ1n) is 9.13. The number of ether oxygens (including phenoxy) is 1. The van der Waals surface area contributed by atoms with E-state index in [4.69, 9.17) is 9.39 Å². The first-order chi connectivity index (χ1) is 13.6. The highest BCUT2D eigenvalue weighted by Crippen LogP contribution is 2.34. The molecule has 2 aliphatic heterocycles. The van der Waals surface area contributed by atoms with E-state index >= 15 is 0 Å². The predicted molar refractivity (Wildman–Crippen MR) is 101 cm³/mol. The maximum Gasteiger partial charge on any atom is 0.309 e. The Morgan fingerprint density at radius 2 is 2.32 bits per heavy atom. The molecule has 0 spiro atoms. The van der Waals surface area contributed by atoms with Crippen LogP contribution in [0.3, 0.4) is 0 Å². The van der Waals surface area contributed by atoms with Crippen LogP contribution in [0.5, 0.6) is 17.4 Å². The van der Waals surface area contributed by atoms with E-state index in [0.717, 1.165) is 16.6 Å². The Labute approximate surface area is 162 Å². The van der Waals surface area contributed by atoms with Crippen LogP contribution in [0.4, 0.5) is 0 Å². The standard InChI is InChI=1S/C18H21BN4O5/c1-10-16-11(9-27-19-16)4-14(25)17(10)28-15-7-21-13(6-22-15)18(26)23-3-2-20-5-12(23)8-24/h4,6-7,12,19-20,24-25H,2-3,5,8-9H2,1H3/t12-/m1/s1. The number of piperazine rings is 1. The van der Waals surface area contributed by atoms with Crippen LogP contribution in [0.15, 0.2) is 18.5 Å². The smallest absolute Gasteiger partial charge is 0.309 e. The van der Waals surface area contributed by atoms with E-state index in [9.17, 15) is 15.0 Å². The minimum absolute atomic E-state index is 0.00954. The summed E-state index contributed by atoms with van der Waals surface area (Å²) in [5, 5.41) is 22.9. The van der Waals surface area contributed by atoms with E-state index in [0.29, 0.717) is 39.5 Å².